The van der Waals surface area contributed by atoms with Gasteiger partial charge >= 0.3 is 0 Å². The lowest BCUT2D eigenvalue weighted by molar-refractivity contribution is 1.08. The van der Waals surface area contributed by atoms with Crippen LogP contribution in [0.5, 0.6) is 0 Å². The van der Waals surface area contributed by atoms with E-state index in [2.05, 4.69) is 148 Å². The van der Waals surface area contributed by atoms with Crippen molar-refractivity contribution in [2.75, 3.05) is 0 Å². The minimum Gasteiger partial charge on any atom is -0.307 e. The Morgan fingerprint density at radius 2 is 0.815 bits per heavy atom. The lowest BCUT2D eigenvalue weighted by atomic mass is 9.99. The highest BCUT2D eigenvalue weighted by molar-refractivity contribution is 6.28. The molecule has 0 aliphatic carbocycles. The lowest BCUT2D eigenvalue weighted by Crippen LogP contribution is -2.00. The second-order valence-electron chi connectivity index (χ2n) is 14.0. The van der Waals surface area contributed by atoms with E-state index in [1.165, 1.54) is 54.4 Å². The van der Waals surface area contributed by atoms with Crippen molar-refractivity contribution < 1.29 is 0 Å². The number of hydrogen-bond acceptors (Lipinski definition) is 3. The van der Waals surface area contributed by atoms with Crippen LogP contribution >= 0.6 is 0 Å². The fourth-order valence-corrected chi connectivity index (χ4v) is 8.84. The number of hydrogen-bond donors (Lipinski definition) is 0. The van der Waals surface area contributed by atoms with Gasteiger partial charge < -0.3 is 8.80 Å². The van der Waals surface area contributed by atoms with Gasteiger partial charge in [-0.2, -0.15) is 0 Å². The summed E-state index contributed by atoms with van der Waals surface area (Å²) in [7, 11) is 0. The molecule has 0 atom stereocenters. The molecule has 5 heteroatoms. The summed E-state index contributed by atoms with van der Waals surface area (Å²) in [5.41, 5.74) is 9.83. The van der Waals surface area contributed by atoms with E-state index in [0.29, 0.717) is 17.5 Å². The van der Waals surface area contributed by atoms with Gasteiger partial charge in [0.05, 0.1) is 33.1 Å². The monoisotopic (exact) mass is 687 g/mol. The summed E-state index contributed by atoms with van der Waals surface area (Å²) in [5.74, 6) is 1.94. The Balaban J connectivity index is 1.32. The quantitative estimate of drug-likeness (QED) is 0.186. The largest absolute Gasteiger partial charge is 0.307 e. The van der Waals surface area contributed by atoms with Crippen molar-refractivity contribution in [2.45, 2.75) is 0 Å². The van der Waals surface area contributed by atoms with Gasteiger partial charge in [-0.1, -0.05) is 152 Å². The van der Waals surface area contributed by atoms with Crippen molar-refractivity contribution in [3.8, 4) is 34.2 Å². The molecule has 0 aliphatic heterocycles. The molecular weight excluding hydrogens is 659 g/mol. The lowest BCUT2D eigenvalue weighted by Gasteiger charge is -2.12. The highest BCUT2D eigenvalue weighted by atomic mass is 15.0. The fourth-order valence-electron chi connectivity index (χ4n) is 8.84. The molecule has 5 nitrogen and oxygen atoms in total. The Bertz CT molecular complexity index is 3430. The zero-order chi connectivity index (χ0) is 35.3. The van der Waals surface area contributed by atoms with Crippen molar-refractivity contribution in [2.24, 2.45) is 0 Å². The van der Waals surface area contributed by atoms with E-state index in [1.54, 1.807) is 0 Å². The van der Waals surface area contributed by atoms with Gasteiger partial charge in [0, 0.05) is 49.0 Å². The first-order valence-electron chi connectivity index (χ1n) is 18.3. The van der Waals surface area contributed by atoms with Crippen LogP contribution in [0.3, 0.4) is 0 Å². The first-order valence-corrected chi connectivity index (χ1v) is 18.3. The maximum Gasteiger partial charge on any atom is 0.164 e. The van der Waals surface area contributed by atoms with Gasteiger partial charge in [-0.05, 0) is 35.0 Å². The first-order chi connectivity index (χ1) is 26.8. The Hall–Kier alpha value is -7.37. The molecule has 54 heavy (non-hydrogen) atoms. The van der Waals surface area contributed by atoms with Crippen molar-refractivity contribution in [3.05, 3.63) is 176 Å². The van der Waals surface area contributed by atoms with E-state index in [9.17, 15) is 0 Å². The predicted octanol–water partition coefficient (Wildman–Crippen LogP) is 12.3. The second-order valence-corrected chi connectivity index (χ2v) is 14.0. The number of aromatic nitrogens is 5. The van der Waals surface area contributed by atoms with Crippen molar-refractivity contribution in [3.63, 3.8) is 0 Å². The van der Waals surface area contributed by atoms with Crippen LogP contribution < -0.4 is 0 Å². The zero-order valence-electron chi connectivity index (χ0n) is 29.0. The molecule has 0 saturated heterocycles. The Kier molecular flexibility index (Phi) is 5.99. The molecule has 4 aromatic heterocycles. The van der Waals surface area contributed by atoms with Crippen LogP contribution in [-0.2, 0) is 0 Å². The maximum atomic E-state index is 5.21. The molecule has 0 N–H and O–H groups in total. The van der Waals surface area contributed by atoms with Crippen molar-refractivity contribution in [1.29, 1.82) is 0 Å². The molecular formula is C49H29N5. The van der Waals surface area contributed by atoms with Crippen molar-refractivity contribution in [1.82, 2.24) is 23.8 Å². The van der Waals surface area contributed by atoms with Crippen molar-refractivity contribution >= 4 is 76.2 Å². The highest BCUT2D eigenvalue weighted by Crippen LogP contribution is 2.44. The molecule has 0 unspecified atom stereocenters. The minimum atomic E-state index is 0.644. The van der Waals surface area contributed by atoms with Crippen LogP contribution in [-0.4, -0.2) is 23.8 Å². The summed E-state index contributed by atoms with van der Waals surface area (Å²) >= 11 is 0. The fraction of sp³-hybridized carbons (Fsp3) is 0. The molecule has 0 spiro atoms. The van der Waals surface area contributed by atoms with Crippen LogP contribution in [0.2, 0.25) is 0 Å². The van der Waals surface area contributed by atoms with Gasteiger partial charge in [0.25, 0.3) is 0 Å². The van der Waals surface area contributed by atoms with Gasteiger partial charge in [0.1, 0.15) is 0 Å². The third-order valence-electron chi connectivity index (χ3n) is 11.1. The summed E-state index contributed by atoms with van der Waals surface area (Å²) in [6, 6.07) is 62.6. The average molecular weight is 688 g/mol. The normalized spacial score (nSPS) is 12.1. The Labute approximate surface area is 309 Å². The molecule has 0 radical (unpaired) electrons. The van der Waals surface area contributed by atoms with E-state index in [4.69, 9.17) is 15.0 Å². The van der Waals surface area contributed by atoms with Crippen LogP contribution in [0.4, 0.5) is 0 Å². The van der Waals surface area contributed by atoms with Gasteiger partial charge in [-0.25, -0.2) is 15.0 Å². The summed E-state index contributed by atoms with van der Waals surface area (Å²) in [4.78, 5) is 15.4. The Morgan fingerprint density at radius 3 is 1.59 bits per heavy atom. The van der Waals surface area contributed by atoms with Gasteiger partial charge in [0.2, 0.25) is 0 Å². The van der Waals surface area contributed by atoms with Crippen LogP contribution in [0.1, 0.15) is 0 Å². The first kappa shape index (κ1) is 29.2. The highest BCUT2D eigenvalue weighted by Gasteiger charge is 2.23. The molecule has 0 bridgehead atoms. The number of rotatable bonds is 3. The smallest absolute Gasteiger partial charge is 0.164 e. The zero-order valence-corrected chi connectivity index (χ0v) is 29.0. The summed E-state index contributed by atoms with van der Waals surface area (Å²) in [6.07, 6.45) is 0. The van der Waals surface area contributed by atoms with Gasteiger partial charge in [-0.15, -0.1) is 0 Å². The maximum absolute atomic E-state index is 5.21. The molecule has 0 aliphatic rings. The Morgan fingerprint density at radius 1 is 0.296 bits per heavy atom. The molecule has 8 aromatic carbocycles. The molecule has 0 fully saturated rings. The molecule has 0 saturated carbocycles. The predicted molar refractivity (Wildman–Crippen MR) is 223 cm³/mol. The third kappa shape index (κ3) is 4.01. The minimum absolute atomic E-state index is 0.644. The molecule has 12 rings (SSSR count). The number of fused-ring (bicyclic) bond motifs is 12. The van der Waals surface area contributed by atoms with E-state index < -0.39 is 0 Å². The van der Waals surface area contributed by atoms with E-state index in [1.807, 2.05) is 36.4 Å². The number of nitrogens with zero attached hydrogens (tertiary/aromatic N) is 5. The summed E-state index contributed by atoms with van der Waals surface area (Å²) < 4.78 is 4.98. The van der Waals surface area contributed by atoms with E-state index in [-0.39, 0.29) is 0 Å². The standard InChI is InChI=1S/C49H29N5/c1-3-15-31(16-4-1)47-50-48(32-17-5-2-6-18-32)52-49(51-47)38-24-13-26-40-44(38)37-23-11-22-36-43-33-19-8-7-14-30(33)28-29-41(43)53-39-25-10-9-20-34(39)35-21-12-27-42(46(35)53)54(40)45(36)37/h1-29H. The van der Waals surface area contributed by atoms with Gasteiger partial charge in [0.15, 0.2) is 17.5 Å². The molecule has 4 heterocycles. The number of benzene rings is 8. The van der Waals surface area contributed by atoms with Crippen LogP contribution in [0, 0.1) is 0 Å². The third-order valence-corrected chi connectivity index (χ3v) is 11.1. The SMILES string of the molecule is c1ccc(-c2nc(-c3ccccc3)nc(-c3cccc4c3c3cccc5c6c7ccccc7ccc6n6c7ccccc7c7cccc(c76)n4c35)n2)cc1. The molecule has 250 valence electrons. The molecule has 12 aromatic rings. The van der Waals surface area contributed by atoms with Gasteiger partial charge in [-0.3, -0.25) is 0 Å². The van der Waals surface area contributed by atoms with Crippen LogP contribution in [0.25, 0.3) is 110 Å². The van der Waals surface area contributed by atoms with Crippen LogP contribution in [0.15, 0.2) is 176 Å². The van der Waals surface area contributed by atoms with E-state index >= 15 is 0 Å². The summed E-state index contributed by atoms with van der Waals surface area (Å²) in [6.45, 7) is 0. The second kappa shape index (κ2) is 11.1. The average Bonchev–Trinajstić information content (AvgIpc) is 3.77. The summed E-state index contributed by atoms with van der Waals surface area (Å²) in [5, 5.41) is 9.58. The number of para-hydroxylation sites is 3. The topological polar surface area (TPSA) is 47.5 Å². The molecule has 0 amide bonds. The van der Waals surface area contributed by atoms with E-state index in [0.717, 1.165) is 38.5 Å².